The summed E-state index contributed by atoms with van der Waals surface area (Å²) < 4.78 is 5.24. The highest BCUT2D eigenvalue weighted by molar-refractivity contribution is 6.20. The molecule has 3 aliphatic heterocycles. The van der Waals surface area contributed by atoms with E-state index in [9.17, 15) is 9.59 Å². The molecule has 3 heterocycles. The number of benzene rings is 1. The zero-order valence-electron chi connectivity index (χ0n) is 11.3. The molecule has 0 unspecified atom stereocenters. The van der Waals surface area contributed by atoms with Gasteiger partial charge in [0, 0.05) is 13.0 Å². The standard InChI is InChI=1S/C16H15NO3/c1-9-15-14(16(19)20-9)13(18)8-12-11-5-3-2-4-10(11)6-7-17(12)15/h2-5,9,12H,6-8H2,1H3/t9-,12-/m0/s1. The molecule has 0 aliphatic carbocycles. The van der Waals surface area contributed by atoms with E-state index < -0.39 is 5.97 Å². The summed E-state index contributed by atoms with van der Waals surface area (Å²) in [5.41, 5.74) is 3.60. The molecule has 20 heavy (non-hydrogen) atoms. The van der Waals surface area contributed by atoms with Crippen LogP contribution in [-0.4, -0.2) is 29.3 Å². The maximum absolute atomic E-state index is 12.3. The number of ether oxygens (including phenoxy) is 1. The van der Waals surface area contributed by atoms with Gasteiger partial charge in [-0.25, -0.2) is 4.79 Å². The molecule has 3 aliphatic rings. The molecule has 0 aromatic heterocycles. The third-order valence-corrected chi connectivity index (χ3v) is 4.51. The third kappa shape index (κ3) is 1.42. The van der Waals surface area contributed by atoms with Crippen molar-refractivity contribution in [3.63, 3.8) is 0 Å². The molecule has 2 atom stereocenters. The van der Waals surface area contributed by atoms with E-state index in [-0.39, 0.29) is 23.5 Å². The lowest BCUT2D eigenvalue weighted by Gasteiger charge is -2.42. The number of cyclic esters (lactones) is 1. The number of fused-ring (bicyclic) bond motifs is 4. The maximum atomic E-state index is 12.3. The van der Waals surface area contributed by atoms with Gasteiger partial charge in [-0.2, -0.15) is 0 Å². The van der Waals surface area contributed by atoms with Crippen LogP contribution in [0.1, 0.15) is 30.5 Å². The van der Waals surface area contributed by atoms with Crippen LogP contribution >= 0.6 is 0 Å². The Kier molecular flexibility index (Phi) is 2.31. The third-order valence-electron chi connectivity index (χ3n) is 4.51. The SMILES string of the molecule is C[C@@H]1OC(=O)C2=C1N1CCc3ccccc3[C@@H]1CC2=O. The van der Waals surface area contributed by atoms with Crippen molar-refractivity contribution in [1.82, 2.24) is 4.90 Å². The topological polar surface area (TPSA) is 46.6 Å². The fraction of sp³-hybridized carbons (Fsp3) is 0.375. The number of hydrogen-bond donors (Lipinski definition) is 0. The van der Waals surface area contributed by atoms with E-state index in [0.717, 1.165) is 18.7 Å². The van der Waals surface area contributed by atoms with Crippen LogP contribution in [0.3, 0.4) is 0 Å². The van der Waals surface area contributed by atoms with Crippen LogP contribution in [0, 0.1) is 0 Å². The molecular formula is C16H15NO3. The molecule has 0 amide bonds. The summed E-state index contributed by atoms with van der Waals surface area (Å²) in [4.78, 5) is 26.3. The Bertz CT molecular complexity index is 661. The van der Waals surface area contributed by atoms with Gasteiger partial charge in [-0.15, -0.1) is 0 Å². The van der Waals surface area contributed by atoms with Gasteiger partial charge in [0.1, 0.15) is 11.7 Å². The Morgan fingerprint density at radius 1 is 1.25 bits per heavy atom. The first kappa shape index (κ1) is 11.7. The van der Waals surface area contributed by atoms with E-state index in [4.69, 9.17) is 4.74 Å². The molecule has 4 nitrogen and oxygen atoms in total. The largest absolute Gasteiger partial charge is 0.452 e. The first-order chi connectivity index (χ1) is 9.66. The molecule has 0 radical (unpaired) electrons. The van der Waals surface area contributed by atoms with E-state index in [1.807, 2.05) is 19.1 Å². The van der Waals surface area contributed by atoms with Crippen molar-refractivity contribution in [2.24, 2.45) is 0 Å². The Morgan fingerprint density at radius 3 is 2.90 bits per heavy atom. The number of Topliss-reactive ketones (excluding diaryl/α,β-unsaturated/α-hetero) is 1. The van der Waals surface area contributed by atoms with Gasteiger partial charge < -0.3 is 9.64 Å². The predicted molar refractivity (Wildman–Crippen MR) is 71.8 cm³/mol. The fourth-order valence-electron chi connectivity index (χ4n) is 3.65. The Morgan fingerprint density at radius 2 is 2.05 bits per heavy atom. The Labute approximate surface area is 117 Å². The second kappa shape index (κ2) is 3.95. The molecule has 0 saturated heterocycles. The first-order valence-electron chi connectivity index (χ1n) is 6.99. The number of carbonyl (C=O) groups is 2. The molecule has 1 aromatic carbocycles. The number of ketones is 1. The zero-order valence-corrected chi connectivity index (χ0v) is 11.3. The molecule has 0 spiro atoms. The fourth-order valence-corrected chi connectivity index (χ4v) is 3.65. The minimum Gasteiger partial charge on any atom is -0.452 e. The van der Waals surface area contributed by atoms with Gasteiger partial charge >= 0.3 is 5.97 Å². The van der Waals surface area contributed by atoms with Crippen molar-refractivity contribution in [3.8, 4) is 0 Å². The molecule has 0 fully saturated rings. The number of carbonyl (C=O) groups excluding carboxylic acids is 2. The average molecular weight is 269 g/mol. The zero-order chi connectivity index (χ0) is 13.9. The van der Waals surface area contributed by atoms with Gasteiger partial charge in [-0.3, -0.25) is 4.79 Å². The van der Waals surface area contributed by atoms with Gasteiger partial charge in [0.25, 0.3) is 0 Å². The first-order valence-corrected chi connectivity index (χ1v) is 6.99. The van der Waals surface area contributed by atoms with Crippen molar-refractivity contribution in [2.45, 2.75) is 31.9 Å². The van der Waals surface area contributed by atoms with Crippen molar-refractivity contribution < 1.29 is 14.3 Å². The molecule has 0 bridgehead atoms. The van der Waals surface area contributed by atoms with Crippen LogP contribution in [0.2, 0.25) is 0 Å². The van der Waals surface area contributed by atoms with Crippen LogP contribution < -0.4 is 0 Å². The van der Waals surface area contributed by atoms with Gasteiger partial charge in [-0.1, -0.05) is 24.3 Å². The number of hydrogen-bond acceptors (Lipinski definition) is 4. The van der Waals surface area contributed by atoms with Gasteiger partial charge in [-0.05, 0) is 24.5 Å². The van der Waals surface area contributed by atoms with Crippen molar-refractivity contribution in [2.75, 3.05) is 6.54 Å². The molecule has 1 aromatic rings. The molecule has 4 rings (SSSR count). The number of rotatable bonds is 0. The Hall–Kier alpha value is -2.10. The van der Waals surface area contributed by atoms with Crippen LogP contribution in [0.15, 0.2) is 35.5 Å². The normalized spacial score (nSPS) is 27.9. The lowest BCUT2D eigenvalue weighted by atomic mass is 9.84. The second-order valence-electron chi connectivity index (χ2n) is 5.59. The van der Waals surface area contributed by atoms with E-state index >= 15 is 0 Å². The monoisotopic (exact) mass is 269 g/mol. The summed E-state index contributed by atoms with van der Waals surface area (Å²) in [7, 11) is 0. The highest BCUT2D eigenvalue weighted by Crippen LogP contribution is 2.43. The van der Waals surface area contributed by atoms with E-state index in [0.29, 0.717) is 6.42 Å². The number of nitrogens with zero attached hydrogens (tertiary/aromatic N) is 1. The summed E-state index contributed by atoms with van der Waals surface area (Å²) in [5, 5.41) is 0. The van der Waals surface area contributed by atoms with E-state index in [2.05, 4.69) is 17.0 Å². The predicted octanol–water partition coefficient (Wildman–Crippen LogP) is 1.76. The number of esters is 1. The average Bonchev–Trinajstić information content (AvgIpc) is 2.75. The lowest BCUT2D eigenvalue weighted by Crippen LogP contribution is -2.42. The molecule has 0 saturated carbocycles. The van der Waals surface area contributed by atoms with Crippen LogP contribution in [0.5, 0.6) is 0 Å². The molecule has 102 valence electrons. The van der Waals surface area contributed by atoms with Gasteiger partial charge in [0.2, 0.25) is 0 Å². The van der Waals surface area contributed by atoms with Gasteiger partial charge in [0.15, 0.2) is 5.78 Å². The molecule has 0 N–H and O–H groups in total. The van der Waals surface area contributed by atoms with Crippen LogP contribution in [0.4, 0.5) is 0 Å². The summed E-state index contributed by atoms with van der Waals surface area (Å²) >= 11 is 0. The van der Waals surface area contributed by atoms with Crippen molar-refractivity contribution in [3.05, 3.63) is 46.7 Å². The summed E-state index contributed by atoms with van der Waals surface area (Å²) in [6.07, 6.45) is 1.01. The summed E-state index contributed by atoms with van der Waals surface area (Å²) in [5.74, 6) is -0.526. The highest BCUT2D eigenvalue weighted by atomic mass is 16.5. The quantitative estimate of drug-likeness (QED) is 0.532. The van der Waals surface area contributed by atoms with Crippen LogP contribution in [0.25, 0.3) is 0 Å². The summed E-state index contributed by atoms with van der Waals surface area (Å²) in [6.45, 7) is 2.69. The van der Waals surface area contributed by atoms with Crippen molar-refractivity contribution >= 4 is 11.8 Å². The van der Waals surface area contributed by atoms with E-state index in [1.54, 1.807) is 0 Å². The lowest BCUT2D eigenvalue weighted by molar-refractivity contribution is -0.140. The molecule has 4 heteroatoms. The molecular weight excluding hydrogens is 254 g/mol. The Balaban J connectivity index is 1.86. The minimum absolute atomic E-state index is 0.0585. The summed E-state index contributed by atoms with van der Waals surface area (Å²) in [6, 6.07) is 8.32. The van der Waals surface area contributed by atoms with Gasteiger partial charge in [0.05, 0.1) is 11.7 Å². The maximum Gasteiger partial charge on any atom is 0.344 e. The minimum atomic E-state index is -0.449. The van der Waals surface area contributed by atoms with Crippen molar-refractivity contribution in [1.29, 1.82) is 0 Å². The highest BCUT2D eigenvalue weighted by Gasteiger charge is 2.46. The second-order valence-corrected chi connectivity index (χ2v) is 5.59. The van der Waals surface area contributed by atoms with Crippen LogP contribution in [-0.2, 0) is 20.7 Å². The smallest absolute Gasteiger partial charge is 0.344 e. The van der Waals surface area contributed by atoms with E-state index in [1.165, 1.54) is 11.1 Å².